The maximum absolute atomic E-state index is 11.7. The van der Waals surface area contributed by atoms with Crippen LogP contribution < -0.4 is 9.47 Å². The standard InChI is InChI=1S/C15H21NO3/c1-5-16(3)15(17)10-8-12-7-9-13(19-6-2)14(11-12)18-4/h7-11H,5-6H2,1-4H3/b10-8+. The van der Waals surface area contributed by atoms with E-state index in [-0.39, 0.29) is 5.91 Å². The van der Waals surface area contributed by atoms with Crippen molar-refractivity contribution in [2.75, 3.05) is 27.3 Å². The van der Waals surface area contributed by atoms with Crippen molar-refractivity contribution in [2.45, 2.75) is 13.8 Å². The van der Waals surface area contributed by atoms with E-state index in [9.17, 15) is 4.79 Å². The molecule has 0 unspecified atom stereocenters. The maximum atomic E-state index is 11.7. The largest absolute Gasteiger partial charge is 0.493 e. The Labute approximate surface area is 114 Å². The summed E-state index contributed by atoms with van der Waals surface area (Å²) in [6, 6.07) is 5.58. The van der Waals surface area contributed by atoms with Gasteiger partial charge in [0.2, 0.25) is 5.91 Å². The summed E-state index contributed by atoms with van der Waals surface area (Å²) in [7, 11) is 3.37. The van der Waals surface area contributed by atoms with Gasteiger partial charge in [0, 0.05) is 19.7 Å². The fourth-order valence-electron chi connectivity index (χ4n) is 1.51. The molecule has 104 valence electrons. The summed E-state index contributed by atoms with van der Waals surface area (Å²) >= 11 is 0. The molecule has 0 aliphatic heterocycles. The van der Waals surface area contributed by atoms with E-state index in [1.165, 1.54) is 0 Å². The van der Waals surface area contributed by atoms with Gasteiger partial charge < -0.3 is 14.4 Å². The number of carbonyl (C=O) groups is 1. The van der Waals surface area contributed by atoms with Gasteiger partial charge in [0.05, 0.1) is 13.7 Å². The zero-order valence-electron chi connectivity index (χ0n) is 12.0. The van der Waals surface area contributed by atoms with Crippen LogP contribution in [-0.2, 0) is 4.79 Å². The van der Waals surface area contributed by atoms with Crippen LogP contribution in [0, 0.1) is 0 Å². The van der Waals surface area contributed by atoms with Gasteiger partial charge in [-0.05, 0) is 37.6 Å². The lowest BCUT2D eigenvalue weighted by molar-refractivity contribution is -0.124. The monoisotopic (exact) mass is 263 g/mol. The number of likely N-dealkylation sites (N-methyl/N-ethyl adjacent to an activating group) is 1. The van der Waals surface area contributed by atoms with Crippen molar-refractivity contribution < 1.29 is 14.3 Å². The number of amides is 1. The highest BCUT2D eigenvalue weighted by Gasteiger charge is 2.05. The van der Waals surface area contributed by atoms with Crippen LogP contribution in [0.2, 0.25) is 0 Å². The van der Waals surface area contributed by atoms with Crippen LogP contribution in [0.1, 0.15) is 19.4 Å². The molecule has 1 amide bonds. The van der Waals surface area contributed by atoms with Crippen LogP contribution in [0.4, 0.5) is 0 Å². The second kappa shape index (κ2) is 7.46. The normalized spacial score (nSPS) is 10.5. The minimum Gasteiger partial charge on any atom is -0.493 e. The first kappa shape index (κ1) is 15.1. The summed E-state index contributed by atoms with van der Waals surface area (Å²) in [5, 5.41) is 0. The summed E-state index contributed by atoms with van der Waals surface area (Å²) in [5.74, 6) is 1.36. The molecule has 4 nitrogen and oxygen atoms in total. The molecule has 1 aromatic carbocycles. The van der Waals surface area contributed by atoms with Crippen LogP contribution in [0.25, 0.3) is 6.08 Å². The molecule has 19 heavy (non-hydrogen) atoms. The Morgan fingerprint density at radius 3 is 2.63 bits per heavy atom. The molecule has 0 atom stereocenters. The molecule has 0 aliphatic carbocycles. The Kier molecular flexibility index (Phi) is 5.93. The summed E-state index contributed by atoms with van der Waals surface area (Å²) in [6.07, 6.45) is 3.32. The van der Waals surface area contributed by atoms with Gasteiger partial charge in [0.25, 0.3) is 0 Å². The van der Waals surface area contributed by atoms with Gasteiger partial charge in [-0.25, -0.2) is 0 Å². The van der Waals surface area contributed by atoms with E-state index in [1.807, 2.05) is 32.0 Å². The molecule has 0 aromatic heterocycles. The van der Waals surface area contributed by atoms with Gasteiger partial charge in [-0.3, -0.25) is 4.79 Å². The van der Waals surface area contributed by atoms with Crippen LogP contribution in [0.5, 0.6) is 11.5 Å². The Morgan fingerprint density at radius 2 is 2.05 bits per heavy atom. The second-order valence-corrected chi connectivity index (χ2v) is 4.03. The molecule has 0 heterocycles. The first-order chi connectivity index (χ1) is 9.12. The lowest BCUT2D eigenvalue weighted by Crippen LogP contribution is -2.23. The van der Waals surface area contributed by atoms with E-state index in [1.54, 1.807) is 31.2 Å². The van der Waals surface area contributed by atoms with Gasteiger partial charge in [0.15, 0.2) is 11.5 Å². The number of nitrogens with zero attached hydrogens (tertiary/aromatic N) is 1. The number of methoxy groups -OCH3 is 1. The van der Waals surface area contributed by atoms with Crippen molar-refractivity contribution in [3.05, 3.63) is 29.8 Å². The minimum atomic E-state index is -0.0182. The van der Waals surface area contributed by atoms with E-state index in [2.05, 4.69) is 0 Å². The number of hydrogen-bond acceptors (Lipinski definition) is 3. The third kappa shape index (κ3) is 4.32. The smallest absolute Gasteiger partial charge is 0.246 e. The number of rotatable bonds is 6. The van der Waals surface area contributed by atoms with Crippen LogP contribution in [-0.4, -0.2) is 38.1 Å². The van der Waals surface area contributed by atoms with Crippen molar-refractivity contribution in [1.82, 2.24) is 4.90 Å². The second-order valence-electron chi connectivity index (χ2n) is 4.03. The van der Waals surface area contributed by atoms with E-state index in [4.69, 9.17) is 9.47 Å². The minimum absolute atomic E-state index is 0.0182. The molecule has 4 heteroatoms. The molecule has 0 radical (unpaired) electrons. The first-order valence-electron chi connectivity index (χ1n) is 6.36. The van der Waals surface area contributed by atoms with Gasteiger partial charge in [-0.1, -0.05) is 6.07 Å². The number of carbonyl (C=O) groups excluding carboxylic acids is 1. The van der Waals surface area contributed by atoms with Crippen LogP contribution in [0.3, 0.4) is 0 Å². The highest BCUT2D eigenvalue weighted by molar-refractivity contribution is 5.91. The third-order valence-electron chi connectivity index (χ3n) is 2.76. The summed E-state index contributed by atoms with van der Waals surface area (Å²) in [6.45, 7) is 5.14. The lowest BCUT2D eigenvalue weighted by Gasteiger charge is -2.11. The molecule has 0 saturated heterocycles. The van der Waals surface area contributed by atoms with Crippen LogP contribution >= 0.6 is 0 Å². The van der Waals surface area contributed by atoms with E-state index in [0.717, 1.165) is 5.56 Å². The zero-order valence-corrected chi connectivity index (χ0v) is 12.0. The van der Waals surface area contributed by atoms with Gasteiger partial charge >= 0.3 is 0 Å². The van der Waals surface area contributed by atoms with Crippen molar-refractivity contribution in [3.8, 4) is 11.5 Å². The van der Waals surface area contributed by atoms with Crippen molar-refractivity contribution >= 4 is 12.0 Å². The molecule has 0 bridgehead atoms. The Morgan fingerprint density at radius 1 is 1.32 bits per heavy atom. The molecular formula is C15H21NO3. The average molecular weight is 263 g/mol. The molecule has 0 aliphatic rings. The number of hydrogen-bond donors (Lipinski definition) is 0. The zero-order chi connectivity index (χ0) is 14.3. The van der Waals surface area contributed by atoms with E-state index in [0.29, 0.717) is 24.7 Å². The highest BCUT2D eigenvalue weighted by atomic mass is 16.5. The van der Waals surface area contributed by atoms with Crippen molar-refractivity contribution in [3.63, 3.8) is 0 Å². The van der Waals surface area contributed by atoms with Crippen molar-refractivity contribution in [2.24, 2.45) is 0 Å². The molecule has 0 fully saturated rings. The number of benzene rings is 1. The van der Waals surface area contributed by atoms with Crippen molar-refractivity contribution in [1.29, 1.82) is 0 Å². The lowest BCUT2D eigenvalue weighted by atomic mass is 10.2. The highest BCUT2D eigenvalue weighted by Crippen LogP contribution is 2.28. The molecule has 0 spiro atoms. The fraction of sp³-hybridized carbons (Fsp3) is 0.400. The Hall–Kier alpha value is -1.97. The predicted molar refractivity (Wildman–Crippen MR) is 76.5 cm³/mol. The van der Waals surface area contributed by atoms with Crippen LogP contribution in [0.15, 0.2) is 24.3 Å². The quantitative estimate of drug-likeness (QED) is 0.740. The van der Waals surface area contributed by atoms with E-state index < -0.39 is 0 Å². The molecule has 1 aromatic rings. The van der Waals surface area contributed by atoms with E-state index >= 15 is 0 Å². The molecule has 0 N–H and O–H groups in total. The summed E-state index contributed by atoms with van der Waals surface area (Å²) in [4.78, 5) is 13.3. The molecule has 0 saturated carbocycles. The van der Waals surface area contributed by atoms with Gasteiger partial charge in [-0.15, -0.1) is 0 Å². The average Bonchev–Trinajstić information content (AvgIpc) is 2.45. The van der Waals surface area contributed by atoms with Gasteiger partial charge in [-0.2, -0.15) is 0 Å². The molecular weight excluding hydrogens is 242 g/mol. The summed E-state index contributed by atoms with van der Waals surface area (Å²) < 4.78 is 10.7. The Bertz CT molecular complexity index is 455. The topological polar surface area (TPSA) is 38.8 Å². The number of ether oxygens (including phenoxy) is 2. The first-order valence-corrected chi connectivity index (χ1v) is 6.36. The molecule has 1 rings (SSSR count). The fourth-order valence-corrected chi connectivity index (χ4v) is 1.51. The van der Waals surface area contributed by atoms with Gasteiger partial charge in [0.1, 0.15) is 0 Å². The maximum Gasteiger partial charge on any atom is 0.246 e. The SMILES string of the molecule is CCOc1ccc(/C=C/C(=O)N(C)CC)cc1OC. The Balaban J connectivity index is 2.85. The summed E-state index contributed by atoms with van der Waals surface area (Å²) in [5.41, 5.74) is 0.901. The predicted octanol–water partition coefficient (Wildman–Crippen LogP) is 2.59. The third-order valence-corrected chi connectivity index (χ3v) is 2.76.